The van der Waals surface area contributed by atoms with Crippen LogP contribution in [0, 0.1) is 0 Å². The van der Waals surface area contributed by atoms with Gasteiger partial charge in [-0.1, -0.05) is 30.0 Å². The summed E-state index contributed by atoms with van der Waals surface area (Å²) < 4.78 is 10.7. The minimum absolute atomic E-state index is 0.0467. The number of carbonyl (C=O) groups is 1. The number of hydrogen-bond acceptors (Lipinski definition) is 6. The lowest BCUT2D eigenvalue weighted by atomic mass is 10.2. The fourth-order valence-electron chi connectivity index (χ4n) is 2.36. The van der Waals surface area contributed by atoms with Gasteiger partial charge in [0.1, 0.15) is 5.75 Å². The molecular weight excluding hydrogens is 358 g/mol. The highest BCUT2D eigenvalue weighted by molar-refractivity contribution is 8.27. The quantitative estimate of drug-likeness (QED) is 0.650. The zero-order chi connectivity index (χ0) is 18.0. The van der Waals surface area contributed by atoms with E-state index < -0.39 is 0 Å². The molecule has 1 fully saturated rings. The molecule has 0 atom stereocenters. The van der Waals surface area contributed by atoms with Crippen LogP contribution >= 0.6 is 24.0 Å². The summed E-state index contributed by atoms with van der Waals surface area (Å²) in [6.45, 7) is 0. The molecule has 0 saturated carbocycles. The number of carbonyl (C=O) groups excluding carboxylic acids is 1. The zero-order valence-corrected chi connectivity index (χ0v) is 15.2. The molecule has 1 saturated heterocycles. The highest BCUT2D eigenvalue weighted by Gasteiger charge is 2.33. The van der Waals surface area contributed by atoms with Crippen molar-refractivity contribution in [3.8, 4) is 17.2 Å². The number of rotatable bonds is 4. The molecule has 5 nitrogen and oxygen atoms in total. The largest absolute Gasteiger partial charge is 0.504 e. The number of thiocarbonyl (C=S) groups is 1. The maximum absolute atomic E-state index is 12.7. The van der Waals surface area contributed by atoms with Crippen molar-refractivity contribution in [3.63, 3.8) is 0 Å². The first-order valence-electron chi connectivity index (χ1n) is 7.32. The lowest BCUT2D eigenvalue weighted by Crippen LogP contribution is -2.27. The van der Waals surface area contributed by atoms with Crippen LogP contribution in [0.1, 0.15) is 5.56 Å². The summed E-state index contributed by atoms with van der Waals surface area (Å²) in [6.07, 6.45) is 1.73. The minimum atomic E-state index is -0.188. The van der Waals surface area contributed by atoms with Crippen molar-refractivity contribution in [2.45, 2.75) is 0 Å². The Morgan fingerprint density at radius 3 is 2.48 bits per heavy atom. The molecule has 3 rings (SSSR count). The summed E-state index contributed by atoms with van der Waals surface area (Å²) in [6, 6.07) is 12.0. The van der Waals surface area contributed by atoms with Crippen LogP contribution in [0.5, 0.6) is 17.2 Å². The second kappa shape index (κ2) is 7.16. The van der Waals surface area contributed by atoms with Crippen molar-refractivity contribution in [2.75, 3.05) is 19.1 Å². The van der Waals surface area contributed by atoms with Crippen LogP contribution in [0.25, 0.3) is 6.08 Å². The number of ether oxygens (including phenoxy) is 2. The van der Waals surface area contributed by atoms with E-state index in [1.807, 2.05) is 0 Å². The Morgan fingerprint density at radius 2 is 1.84 bits per heavy atom. The van der Waals surface area contributed by atoms with Crippen LogP contribution in [0.4, 0.5) is 5.69 Å². The number of nitrogens with zero attached hydrogens (tertiary/aromatic N) is 1. The van der Waals surface area contributed by atoms with Gasteiger partial charge >= 0.3 is 0 Å². The van der Waals surface area contributed by atoms with Crippen molar-refractivity contribution in [1.29, 1.82) is 0 Å². The number of thioether (sulfide) groups is 1. The van der Waals surface area contributed by atoms with Crippen molar-refractivity contribution in [3.05, 3.63) is 52.9 Å². The Kier molecular flexibility index (Phi) is 4.96. The molecule has 0 spiro atoms. The van der Waals surface area contributed by atoms with Gasteiger partial charge < -0.3 is 14.6 Å². The zero-order valence-electron chi connectivity index (χ0n) is 13.6. The van der Waals surface area contributed by atoms with Gasteiger partial charge in [0.15, 0.2) is 15.8 Å². The maximum atomic E-state index is 12.7. The van der Waals surface area contributed by atoms with Gasteiger partial charge in [-0.3, -0.25) is 9.69 Å². The standard InChI is InChI=1S/C18H15NO4S2/c1-22-13-6-4-12(5-7-13)19-17(21)16(25-18(19)24)10-11-3-8-14(20)15(9-11)23-2/h3-10,20H,1-2H3/b16-10+. The average Bonchev–Trinajstić information content (AvgIpc) is 2.90. The minimum Gasteiger partial charge on any atom is -0.504 e. The van der Waals surface area contributed by atoms with Crippen LogP contribution in [-0.4, -0.2) is 29.6 Å². The van der Waals surface area contributed by atoms with Gasteiger partial charge in [0.2, 0.25) is 0 Å². The van der Waals surface area contributed by atoms with Gasteiger partial charge in [0, 0.05) is 0 Å². The predicted molar refractivity (Wildman–Crippen MR) is 103 cm³/mol. The molecule has 7 heteroatoms. The molecule has 0 bridgehead atoms. The fraction of sp³-hybridized carbons (Fsp3) is 0.111. The molecule has 0 aliphatic carbocycles. The van der Waals surface area contributed by atoms with E-state index in [0.29, 0.717) is 26.4 Å². The number of aromatic hydroxyl groups is 1. The Bertz CT molecular complexity index is 862. The van der Waals surface area contributed by atoms with E-state index >= 15 is 0 Å². The summed E-state index contributed by atoms with van der Waals surface area (Å²) >= 11 is 6.59. The molecule has 128 valence electrons. The highest BCUT2D eigenvalue weighted by Crippen LogP contribution is 2.37. The lowest BCUT2D eigenvalue weighted by molar-refractivity contribution is -0.113. The van der Waals surface area contributed by atoms with Gasteiger partial charge in [-0.05, 0) is 48.0 Å². The molecule has 1 amide bonds. The van der Waals surface area contributed by atoms with E-state index in [2.05, 4.69) is 0 Å². The second-order valence-electron chi connectivity index (χ2n) is 5.15. The van der Waals surface area contributed by atoms with E-state index in [9.17, 15) is 9.90 Å². The maximum Gasteiger partial charge on any atom is 0.270 e. The van der Waals surface area contributed by atoms with E-state index in [1.165, 1.54) is 29.8 Å². The second-order valence-corrected chi connectivity index (χ2v) is 6.82. The monoisotopic (exact) mass is 373 g/mol. The number of anilines is 1. The van der Waals surface area contributed by atoms with Crippen LogP contribution in [0.3, 0.4) is 0 Å². The van der Waals surface area contributed by atoms with E-state index in [4.69, 9.17) is 21.7 Å². The molecule has 0 aromatic heterocycles. The van der Waals surface area contributed by atoms with Gasteiger partial charge in [-0.2, -0.15) is 0 Å². The van der Waals surface area contributed by atoms with Crippen molar-refractivity contribution >= 4 is 46.0 Å². The van der Waals surface area contributed by atoms with Crippen LogP contribution in [-0.2, 0) is 4.79 Å². The first-order chi connectivity index (χ1) is 12.0. The number of methoxy groups -OCH3 is 2. The number of hydrogen-bond donors (Lipinski definition) is 1. The Morgan fingerprint density at radius 1 is 1.12 bits per heavy atom. The normalized spacial score (nSPS) is 15.8. The summed E-state index contributed by atoms with van der Waals surface area (Å²) in [5.74, 6) is 0.915. The van der Waals surface area contributed by atoms with Gasteiger partial charge in [-0.25, -0.2) is 0 Å². The molecular formula is C18H15NO4S2. The summed E-state index contributed by atoms with van der Waals surface area (Å²) in [4.78, 5) is 14.7. The van der Waals surface area contributed by atoms with E-state index in [-0.39, 0.29) is 11.7 Å². The summed E-state index contributed by atoms with van der Waals surface area (Å²) in [5.41, 5.74) is 1.43. The first-order valence-corrected chi connectivity index (χ1v) is 8.55. The van der Waals surface area contributed by atoms with E-state index in [1.54, 1.807) is 49.6 Å². The highest BCUT2D eigenvalue weighted by atomic mass is 32.2. The third-order valence-corrected chi connectivity index (χ3v) is 4.93. The van der Waals surface area contributed by atoms with Crippen molar-refractivity contribution < 1.29 is 19.4 Å². The molecule has 1 N–H and O–H groups in total. The third kappa shape index (κ3) is 3.47. The summed E-state index contributed by atoms with van der Waals surface area (Å²) in [5, 5.41) is 9.67. The fourth-order valence-corrected chi connectivity index (χ4v) is 3.66. The SMILES string of the molecule is COc1ccc(N2C(=O)/C(=C\c3ccc(O)c(OC)c3)SC2=S)cc1. The molecule has 0 unspecified atom stereocenters. The molecule has 2 aromatic rings. The molecule has 1 heterocycles. The van der Waals surface area contributed by atoms with Crippen LogP contribution in [0.15, 0.2) is 47.4 Å². The lowest BCUT2D eigenvalue weighted by Gasteiger charge is -2.14. The average molecular weight is 373 g/mol. The Hall–Kier alpha value is -2.51. The Balaban J connectivity index is 1.90. The van der Waals surface area contributed by atoms with E-state index in [0.717, 1.165) is 5.56 Å². The Labute approximate surface area is 154 Å². The number of phenolic OH excluding ortho intramolecular Hbond substituents is 1. The van der Waals surface area contributed by atoms with Gasteiger partial charge in [0.25, 0.3) is 5.91 Å². The topological polar surface area (TPSA) is 59.0 Å². The molecule has 25 heavy (non-hydrogen) atoms. The molecule has 2 aromatic carbocycles. The van der Waals surface area contributed by atoms with Crippen molar-refractivity contribution in [2.24, 2.45) is 0 Å². The number of phenols is 1. The smallest absolute Gasteiger partial charge is 0.270 e. The van der Waals surface area contributed by atoms with Crippen LogP contribution < -0.4 is 14.4 Å². The van der Waals surface area contributed by atoms with Crippen molar-refractivity contribution in [1.82, 2.24) is 0 Å². The first kappa shape index (κ1) is 17.3. The van der Waals surface area contributed by atoms with Gasteiger partial charge in [0.05, 0.1) is 24.8 Å². The third-order valence-electron chi connectivity index (χ3n) is 3.63. The molecule has 0 radical (unpaired) electrons. The van der Waals surface area contributed by atoms with Crippen LogP contribution in [0.2, 0.25) is 0 Å². The number of benzene rings is 2. The van der Waals surface area contributed by atoms with Gasteiger partial charge in [-0.15, -0.1) is 0 Å². The molecule has 1 aliphatic rings. The number of amides is 1. The predicted octanol–water partition coefficient (Wildman–Crippen LogP) is 3.82. The molecule has 1 aliphatic heterocycles. The summed E-state index contributed by atoms with van der Waals surface area (Å²) in [7, 11) is 3.06.